The van der Waals surface area contributed by atoms with Crippen molar-refractivity contribution in [2.24, 2.45) is 5.73 Å². The van der Waals surface area contributed by atoms with E-state index in [2.05, 4.69) is 10.6 Å². The van der Waals surface area contributed by atoms with Crippen LogP contribution in [-0.2, 0) is 27.5 Å². The maximum Gasteiger partial charge on any atom is 0.255 e. The molecule has 0 aliphatic carbocycles. The fourth-order valence-corrected chi connectivity index (χ4v) is 3.85. The number of imide groups is 1. The summed E-state index contributed by atoms with van der Waals surface area (Å²) in [4.78, 5) is 50.1. The molecule has 2 aliphatic rings. The van der Waals surface area contributed by atoms with Crippen LogP contribution in [0.15, 0.2) is 48.5 Å². The first-order valence-electron chi connectivity index (χ1n) is 9.79. The lowest BCUT2D eigenvalue weighted by atomic mass is 10.0. The molecule has 30 heavy (non-hydrogen) atoms. The van der Waals surface area contributed by atoms with Gasteiger partial charge in [0.15, 0.2) is 0 Å². The Morgan fingerprint density at radius 3 is 2.67 bits per heavy atom. The van der Waals surface area contributed by atoms with Crippen molar-refractivity contribution in [2.45, 2.75) is 38.0 Å². The molecule has 2 aromatic carbocycles. The van der Waals surface area contributed by atoms with Crippen molar-refractivity contribution < 1.29 is 19.2 Å². The Balaban J connectivity index is 1.41. The second-order valence-electron chi connectivity index (χ2n) is 7.50. The summed E-state index contributed by atoms with van der Waals surface area (Å²) < 4.78 is 0. The topological polar surface area (TPSA) is 122 Å². The summed E-state index contributed by atoms with van der Waals surface area (Å²) in [6.07, 6.45) is 0.542. The number of carbonyl (C=O) groups excluding carboxylic acids is 4. The van der Waals surface area contributed by atoms with Crippen molar-refractivity contribution in [3.05, 3.63) is 70.8 Å². The van der Waals surface area contributed by atoms with E-state index in [1.54, 1.807) is 24.3 Å². The molecule has 2 heterocycles. The average Bonchev–Trinajstić information content (AvgIpc) is 3.07. The molecule has 0 saturated carbocycles. The largest absolute Gasteiger partial charge is 0.350 e. The minimum atomic E-state index is -0.759. The van der Waals surface area contributed by atoms with Gasteiger partial charge in [-0.15, -0.1) is 0 Å². The zero-order valence-electron chi connectivity index (χ0n) is 16.3. The van der Waals surface area contributed by atoms with Crippen LogP contribution in [0.1, 0.15) is 45.9 Å². The minimum Gasteiger partial charge on any atom is -0.350 e. The highest BCUT2D eigenvalue weighted by Crippen LogP contribution is 2.28. The summed E-state index contributed by atoms with van der Waals surface area (Å²) in [6.45, 7) is 0.574. The van der Waals surface area contributed by atoms with Gasteiger partial charge in [0.1, 0.15) is 12.1 Å². The van der Waals surface area contributed by atoms with Gasteiger partial charge in [-0.1, -0.05) is 42.5 Å². The van der Waals surface area contributed by atoms with E-state index < -0.39 is 18.0 Å². The number of fused-ring (bicyclic) bond motifs is 1. The molecule has 4 rings (SSSR count). The van der Waals surface area contributed by atoms with E-state index in [4.69, 9.17) is 5.73 Å². The van der Waals surface area contributed by atoms with E-state index in [9.17, 15) is 19.2 Å². The van der Waals surface area contributed by atoms with Gasteiger partial charge in [0.2, 0.25) is 17.7 Å². The van der Waals surface area contributed by atoms with Crippen molar-refractivity contribution in [1.82, 2.24) is 15.5 Å². The molecular formula is C22H22N4O4. The molecule has 154 valence electrons. The van der Waals surface area contributed by atoms with Crippen molar-refractivity contribution >= 4 is 23.6 Å². The monoisotopic (exact) mass is 406 g/mol. The quantitative estimate of drug-likeness (QED) is 0.633. The summed E-state index contributed by atoms with van der Waals surface area (Å²) in [6, 6.07) is 13.1. The summed E-state index contributed by atoms with van der Waals surface area (Å²) in [5.74, 6) is -1.26. The van der Waals surface area contributed by atoms with E-state index in [-0.39, 0.29) is 30.7 Å². The third-order valence-electron chi connectivity index (χ3n) is 5.50. The third-order valence-corrected chi connectivity index (χ3v) is 5.50. The second-order valence-corrected chi connectivity index (χ2v) is 7.50. The molecule has 0 bridgehead atoms. The van der Waals surface area contributed by atoms with Gasteiger partial charge >= 0.3 is 0 Å². The Morgan fingerprint density at radius 2 is 1.93 bits per heavy atom. The second kappa shape index (κ2) is 8.08. The van der Waals surface area contributed by atoms with E-state index in [1.165, 1.54) is 4.90 Å². The van der Waals surface area contributed by atoms with Crippen LogP contribution < -0.4 is 16.4 Å². The van der Waals surface area contributed by atoms with Crippen LogP contribution in [0.5, 0.6) is 0 Å². The number of hydrogen-bond acceptors (Lipinski definition) is 5. The Labute approximate surface area is 173 Å². The van der Waals surface area contributed by atoms with Gasteiger partial charge in [-0.2, -0.15) is 0 Å². The first-order valence-corrected chi connectivity index (χ1v) is 9.79. The van der Waals surface area contributed by atoms with E-state index in [0.717, 1.165) is 16.7 Å². The van der Waals surface area contributed by atoms with Crippen LogP contribution in [0.25, 0.3) is 0 Å². The highest BCUT2D eigenvalue weighted by Gasteiger charge is 2.39. The third kappa shape index (κ3) is 3.81. The molecule has 8 heteroatoms. The Bertz CT molecular complexity index is 1020. The molecule has 1 unspecified atom stereocenters. The number of nitrogens with one attached hydrogen (secondary N) is 2. The predicted molar refractivity (Wildman–Crippen MR) is 108 cm³/mol. The Hall–Kier alpha value is -3.52. The van der Waals surface area contributed by atoms with Crippen LogP contribution in [-0.4, -0.2) is 34.6 Å². The van der Waals surface area contributed by atoms with Crippen LogP contribution in [0, 0.1) is 0 Å². The highest BCUT2D eigenvalue weighted by atomic mass is 16.2. The summed E-state index contributed by atoms with van der Waals surface area (Å²) >= 11 is 0. The fraction of sp³-hybridized carbons (Fsp3) is 0.273. The van der Waals surface area contributed by atoms with Gasteiger partial charge in [-0.3, -0.25) is 24.5 Å². The van der Waals surface area contributed by atoms with Crippen LogP contribution in [0.4, 0.5) is 0 Å². The van der Waals surface area contributed by atoms with Crippen LogP contribution in [0.3, 0.4) is 0 Å². The molecular weight excluding hydrogens is 384 g/mol. The standard InChI is InChI=1S/C22H22N4O4/c23-19(14-4-2-1-3-5-14)21(29)24-11-13-6-7-16-15(10-13)12-26(22(16)30)17-8-9-18(27)25-20(17)28/h1-7,10,17,19H,8-9,11-12,23H2,(H,24,29)(H,25,27,28)/t17?,19-/m0/s1. The van der Waals surface area contributed by atoms with Crippen molar-refractivity contribution in [2.75, 3.05) is 0 Å². The highest BCUT2D eigenvalue weighted by molar-refractivity contribution is 6.05. The number of benzene rings is 2. The number of rotatable bonds is 5. The molecule has 2 aromatic rings. The van der Waals surface area contributed by atoms with Crippen LogP contribution >= 0.6 is 0 Å². The lowest BCUT2D eigenvalue weighted by Gasteiger charge is -2.29. The molecule has 0 spiro atoms. The molecule has 8 nitrogen and oxygen atoms in total. The first-order chi connectivity index (χ1) is 14.4. The van der Waals surface area contributed by atoms with Gasteiger partial charge in [-0.25, -0.2) is 0 Å². The molecule has 1 saturated heterocycles. The minimum absolute atomic E-state index is 0.218. The van der Waals surface area contributed by atoms with Gasteiger partial charge in [-0.05, 0) is 29.2 Å². The number of piperidine rings is 1. The normalized spacial score (nSPS) is 19.3. The number of hydrogen-bond donors (Lipinski definition) is 3. The smallest absolute Gasteiger partial charge is 0.255 e. The summed E-state index contributed by atoms with van der Waals surface area (Å²) in [5, 5.41) is 5.11. The summed E-state index contributed by atoms with van der Waals surface area (Å²) in [7, 11) is 0. The van der Waals surface area contributed by atoms with Crippen molar-refractivity contribution in [3.8, 4) is 0 Å². The first kappa shape index (κ1) is 19.8. The Kier molecular flexibility index (Phi) is 5.33. The van der Waals surface area contributed by atoms with Crippen molar-refractivity contribution in [1.29, 1.82) is 0 Å². The molecule has 2 aliphatic heterocycles. The average molecular weight is 406 g/mol. The van der Waals surface area contributed by atoms with Gasteiger partial charge < -0.3 is 16.0 Å². The maximum absolute atomic E-state index is 12.7. The van der Waals surface area contributed by atoms with Gasteiger partial charge in [0, 0.05) is 25.1 Å². The molecule has 2 atom stereocenters. The fourth-order valence-electron chi connectivity index (χ4n) is 3.85. The number of carbonyl (C=O) groups is 4. The number of nitrogens with zero attached hydrogens (tertiary/aromatic N) is 1. The van der Waals surface area contributed by atoms with E-state index in [0.29, 0.717) is 18.5 Å². The lowest BCUT2D eigenvalue weighted by Crippen LogP contribution is -2.52. The van der Waals surface area contributed by atoms with Gasteiger partial charge in [0.25, 0.3) is 5.91 Å². The zero-order chi connectivity index (χ0) is 21.3. The zero-order valence-corrected chi connectivity index (χ0v) is 16.3. The Morgan fingerprint density at radius 1 is 1.17 bits per heavy atom. The molecule has 0 radical (unpaired) electrons. The SMILES string of the molecule is N[C@H](C(=O)NCc1ccc2c(c1)CN(C1CCC(=O)NC1=O)C2=O)c1ccccc1. The molecule has 1 fully saturated rings. The molecule has 4 N–H and O–H groups in total. The van der Waals surface area contributed by atoms with Crippen LogP contribution in [0.2, 0.25) is 0 Å². The number of nitrogens with two attached hydrogens (primary N) is 1. The maximum atomic E-state index is 12.7. The lowest BCUT2D eigenvalue weighted by molar-refractivity contribution is -0.137. The predicted octanol–water partition coefficient (Wildman–Crippen LogP) is 0.764. The van der Waals surface area contributed by atoms with E-state index >= 15 is 0 Å². The molecule has 4 amide bonds. The van der Waals surface area contributed by atoms with Gasteiger partial charge in [0.05, 0.1) is 0 Å². The molecule has 0 aromatic heterocycles. The number of amides is 4. The van der Waals surface area contributed by atoms with Crippen molar-refractivity contribution in [3.63, 3.8) is 0 Å². The van der Waals surface area contributed by atoms with E-state index in [1.807, 2.05) is 24.3 Å². The summed E-state index contributed by atoms with van der Waals surface area (Å²) in [5.41, 5.74) is 8.91.